The number of hydrogen-bond donors (Lipinski definition) is 0. The molecule has 63 heavy (non-hydrogen) atoms. The van der Waals surface area contributed by atoms with E-state index in [0.717, 1.165) is 67.5 Å². The standard InChI is InChI=1S/C61H40O2/c1-61(2)51-29-26-40(56-44-17-7-5-15-42(44)55(43-16-6-8-18-45(43)56)39-24-23-35-13-3-4-14-36(35)31-39)33-49(51)41-28-25-38(34-52(41)61)37-27-30-54-50(32-37)57-46-19-9-10-20-47(46)59-58(60(57)63-54)48-21-11-12-22-53(48)62-59/h3,5-13,15-34H,4,14H2,1-2H3. The van der Waals surface area contributed by atoms with Crippen molar-refractivity contribution in [3.8, 4) is 44.5 Å². The second-order valence-electron chi connectivity index (χ2n) is 18.2. The minimum Gasteiger partial charge on any atom is -0.455 e. The lowest BCUT2D eigenvalue weighted by molar-refractivity contribution is 0.660. The Morgan fingerprint density at radius 2 is 1.00 bits per heavy atom. The number of fused-ring (bicyclic) bond motifs is 16. The van der Waals surface area contributed by atoms with Crippen LogP contribution in [0.2, 0.25) is 0 Å². The zero-order valence-electron chi connectivity index (χ0n) is 35.1. The summed E-state index contributed by atoms with van der Waals surface area (Å²) in [7, 11) is 0. The van der Waals surface area contributed by atoms with Gasteiger partial charge in [0.2, 0.25) is 0 Å². The molecule has 12 aromatic rings. The first-order valence-electron chi connectivity index (χ1n) is 22.2. The molecule has 2 aliphatic carbocycles. The van der Waals surface area contributed by atoms with Crippen molar-refractivity contribution in [1.82, 2.24) is 0 Å². The normalized spacial score (nSPS) is 14.1. The number of hydrogen-bond acceptors (Lipinski definition) is 2. The van der Waals surface area contributed by atoms with Gasteiger partial charge in [-0.3, -0.25) is 0 Å². The highest BCUT2D eigenvalue weighted by molar-refractivity contribution is 6.33. The lowest BCUT2D eigenvalue weighted by atomic mass is 9.80. The molecule has 2 heterocycles. The van der Waals surface area contributed by atoms with E-state index in [-0.39, 0.29) is 5.41 Å². The molecular formula is C61H40O2. The lowest BCUT2D eigenvalue weighted by Gasteiger charge is -2.22. The fraction of sp³-hybridized carbons (Fsp3) is 0.0820. The Hall–Kier alpha value is -7.68. The summed E-state index contributed by atoms with van der Waals surface area (Å²) in [5, 5.41) is 11.8. The van der Waals surface area contributed by atoms with Gasteiger partial charge in [-0.2, -0.15) is 0 Å². The molecule has 0 unspecified atom stereocenters. The van der Waals surface area contributed by atoms with Crippen molar-refractivity contribution in [2.75, 3.05) is 0 Å². The average molecular weight is 805 g/mol. The Morgan fingerprint density at radius 3 is 1.76 bits per heavy atom. The Bertz CT molecular complexity index is 3940. The predicted molar refractivity (Wildman–Crippen MR) is 265 cm³/mol. The molecule has 0 N–H and O–H groups in total. The smallest absolute Gasteiger partial charge is 0.147 e. The largest absolute Gasteiger partial charge is 0.455 e. The molecule has 0 fully saturated rings. The quantitative estimate of drug-likeness (QED) is 0.166. The predicted octanol–water partition coefficient (Wildman–Crippen LogP) is 17.2. The van der Waals surface area contributed by atoms with Crippen molar-refractivity contribution < 1.29 is 8.83 Å². The van der Waals surface area contributed by atoms with E-state index < -0.39 is 0 Å². The highest BCUT2D eigenvalue weighted by Gasteiger charge is 2.36. The second-order valence-corrected chi connectivity index (χ2v) is 18.2. The molecule has 0 amide bonds. The first kappa shape index (κ1) is 35.0. The van der Waals surface area contributed by atoms with Gasteiger partial charge in [-0.05, 0) is 137 Å². The maximum Gasteiger partial charge on any atom is 0.147 e. The number of aryl methyl sites for hydroxylation is 1. The Balaban J connectivity index is 0.922. The molecule has 2 heteroatoms. The van der Waals surface area contributed by atoms with Gasteiger partial charge in [0, 0.05) is 27.0 Å². The molecule has 0 saturated heterocycles. The van der Waals surface area contributed by atoms with Crippen LogP contribution in [0.25, 0.3) is 127 Å². The molecule has 14 rings (SSSR count). The number of allylic oxidation sites excluding steroid dienone is 1. The summed E-state index contributed by atoms with van der Waals surface area (Å²) in [6.45, 7) is 4.77. The lowest BCUT2D eigenvalue weighted by Crippen LogP contribution is -2.15. The van der Waals surface area contributed by atoms with Gasteiger partial charge in [-0.1, -0.05) is 166 Å². The number of para-hydroxylation sites is 1. The Kier molecular flexibility index (Phi) is 7.04. The second kappa shape index (κ2) is 12.7. The summed E-state index contributed by atoms with van der Waals surface area (Å²) in [4.78, 5) is 0. The summed E-state index contributed by atoms with van der Waals surface area (Å²) in [6, 6.07) is 63.0. The summed E-state index contributed by atoms with van der Waals surface area (Å²) >= 11 is 0. The van der Waals surface area contributed by atoms with Crippen LogP contribution in [0, 0.1) is 0 Å². The van der Waals surface area contributed by atoms with Crippen molar-refractivity contribution in [1.29, 1.82) is 0 Å². The summed E-state index contributed by atoms with van der Waals surface area (Å²) in [5.41, 5.74) is 19.0. The zero-order chi connectivity index (χ0) is 41.6. The van der Waals surface area contributed by atoms with Crippen molar-refractivity contribution >= 4 is 82.3 Å². The molecule has 2 aliphatic rings. The van der Waals surface area contributed by atoms with Gasteiger partial charge in [0.15, 0.2) is 0 Å². The third kappa shape index (κ3) is 4.84. The van der Waals surface area contributed by atoms with Gasteiger partial charge in [-0.15, -0.1) is 0 Å². The van der Waals surface area contributed by atoms with Crippen molar-refractivity contribution in [3.63, 3.8) is 0 Å². The Morgan fingerprint density at radius 1 is 0.413 bits per heavy atom. The summed E-state index contributed by atoms with van der Waals surface area (Å²) in [5.74, 6) is 0. The average Bonchev–Trinajstić information content (AvgIpc) is 3.98. The van der Waals surface area contributed by atoms with Crippen molar-refractivity contribution in [2.45, 2.75) is 32.1 Å². The molecule has 0 radical (unpaired) electrons. The third-order valence-corrected chi connectivity index (χ3v) is 14.5. The van der Waals surface area contributed by atoms with Gasteiger partial charge in [0.25, 0.3) is 0 Å². The molecule has 10 aromatic carbocycles. The SMILES string of the molecule is CC1(C)c2ccc(-c3c4ccccc4c(-c4ccc5c(c4)CCC=C5)c4ccccc34)cc2-c2ccc(-c3ccc4oc5c(c4c3)c3ccccc3c3oc4ccccc4c35)cc21. The third-order valence-electron chi connectivity index (χ3n) is 14.5. The Labute approximate surface area is 364 Å². The highest BCUT2D eigenvalue weighted by Crippen LogP contribution is 2.53. The van der Waals surface area contributed by atoms with Crippen LogP contribution in [0.1, 0.15) is 42.5 Å². The van der Waals surface area contributed by atoms with Crippen LogP contribution < -0.4 is 0 Å². The van der Waals surface area contributed by atoms with Gasteiger partial charge < -0.3 is 8.83 Å². The van der Waals surface area contributed by atoms with Crippen LogP contribution >= 0.6 is 0 Å². The van der Waals surface area contributed by atoms with E-state index >= 15 is 0 Å². The fourth-order valence-corrected chi connectivity index (χ4v) is 11.5. The first-order valence-corrected chi connectivity index (χ1v) is 22.2. The molecule has 0 spiro atoms. The summed E-state index contributed by atoms with van der Waals surface area (Å²) < 4.78 is 13.3. The monoisotopic (exact) mass is 804 g/mol. The number of rotatable bonds is 3. The molecule has 2 nitrogen and oxygen atoms in total. The van der Waals surface area contributed by atoms with Gasteiger partial charge in [0.05, 0.1) is 5.39 Å². The molecule has 0 saturated carbocycles. The van der Waals surface area contributed by atoms with E-state index in [2.05, 4.69) is 184 Å². The van der Waals surface area contributed by atoms with E-state index in [1.807, 2.05) is 12.1 Å². The van der Waals surface area contributed by atoms with Crippen LogP contribution in [-0.4, -0.2) is 0 Å². The maximum atomic E-state index is 6.77. The first-order chi connectivity index (χ1) is 31.0. The minimum atomic E-state index is -0.175. The van der Waals surface area contributed by atoms with Gasteiger partial charge >= 0.3 is 0 Å². The fourth-order valence-electron chi connectivity index (χ4n) is 11.5. The minimum absolute atomic E-state index is 0.175. The van der Waals surface area contributed by atoms with Crippen LogP contribution in [0.4, 0.5) is 0 Å². The van der Waals surface area contributed by atoms with Gasteiger partial charge in [0.1, 0.15) is 22.3 Å². The van der Waals surface area contributed by atoms with Crippen molar-refractivity contribution in [3.05, 3.63) is 198 Å². The van der Waals surface area contributed by atoms with Crippen molar-refractivity contribution in [2.24, 2.45) is 0 Å². The highest BCUT2D eigenvalue weighted by atomic mass is 16.3. The zero-order valence-corrected chi connectivity index (χ0v) is 35.1. The van der Waals surface area contributed by atoms with Crippen LogP contribution in [-0.2, 0) is 11.8 Å². The van der Waals surface area contributed by atoms with Crippen LogP contribution in [0.15, 0.2) is 185 Å². The van der Waals surface area contributed by atoms with E-state index in [1.54, 1.807) is 0 Å². The molecule has 0 aliphatic heterocycles. The molecule has 0 atom stereocenters. The van der Waals surface area contributed by atoms with Gasteiger partial charge in [-0.25, -0.2) is 0 Å². The molecule has 2 aromatic heterocycles. The van der Waals surface area contributed by atoms with E-state index in [4.69, 9.17) is 8.83 Å². The van der Waals surface area contributed by atoms with Crippen LogP contribution in [0.5, 0.6) is 0 Å². The van der Waals surface area contributed by atoms with E-state index in [1.165, 1.54) is 88.3 Å². The molecule has 296 valence electrons. The molecule has 0 bridgehead atoms. The van der Waals surface area contributed by atoms with E-state index in [9.17, 15) is 0 Å². The van der Waals surface area contributed by atoms with E-state index in [0.29, 0.717) is 0 Å². The summed E-state index contributed by atoms with van der Waals surface area (Å²) in [6.07, 6.45) is 6.75. The molecular weight excluding hydrogens is 765 g/mol. The number of furan rings is 2. The number of benzene rings is 10. The maximum absolute atomic E-state index is 6.77. The topological polar surface area (TPSA) is 26.3 Å². The van der Waals surface area contributed by atoms with Crippen LogP contribution in [0.3, 0.4) is 0 Å².